The van der Waals surface area contributed by atoms with E-state index in [0.717, 1.165) is 0 Å². The number of hydrogen-bond donors (Lipinski definition) is 7. The van der Waals surface area contributed by atoms with Crippen LogP contribution in [-0.4, -0.2) is 74.5 Å². The molecule has 3 atom stereocenters. The van der Waals surface area contributed by atoms with Crippen molar-refractivity contribution in [1.29, 1.82) is 0 Å². The van der Waals surface area contributed by atoms with Crippen LogP contribution in [0.2, 0.25) is 0 Å². The Bertz CT molecular complexity index is 780. The molecule has 0 spiro atoms. The fourth-order valence-electron chi connectivity index (χ4n) is 2.62. The topological polar surface area (TPSA) is 217 Å². The van der Waals surface area contributed by atoms with E-state index in [4.69, 9.17) is 15.9 Å². The monoisotopic (exact) mass is 440 g/mol. The van der Waals surface area contributed by atoms with E-state index in [2.05, 4.69) is 25.9 Å². The lowest BCUT2D eigenvalue weighted by molar-refractivity contribution is -0.143. The number of hydrogen-bond acceptors (Lipinski definition) is 7. The van der Waals surface area contributed by atoms with Crippen molar-refractivity contribution in [3.63, 3.8) is 0 Å². The average Bonchev–Trinajstić information content (AvgIpc) is 3.17. The number of nitrogens with two attached hydrogens (primary N) is 1. The van der Waals surface area contributed by atoms with Crippen LogP contribution in [-0.2, 0) is 30.4 Å². The zero-order chi connectivity index (χ0) is 23.6. The van der Waals surface area contributed by atoms with Gasteiger partial charge < -0.3 is 36.9 Å². The molecule has 1 rings (SSSR count). The van der Waals surface area contributed by atoms with Gasteiger partial charge in [-0.2, -0.15) is 0 Å². The summed E-state index contributed by atoms with van der Waals surface area (Å²) in [5.74, 6) is -5.00. The molecule has 3 amide bonds. The van der Waals surface area contributed by atoms with Crippen molar-refractivity contribution in [2.45, 2.75) is 51.2 Å². The molecule has 0 aliphatic heterocycles. The number of carbonyl (C=O) groups excluding carboxylic acids is 3. The fraction of sp³-hybridized carbons (Fsp3) is 0.556. The van der Waals surface area contributed by atoms with Crippen molar-refractivity contribution >= 4 is 29.7 Å². The van der Waals surface area contributed by atoms with E-state index in [1.165, 1.54) is 12.5 Å². The number of nitrogens with zero attached hydrogens (tertiary/aromatic N) is 1. The number of H-pyrrole nitrogens is 1. The molecule has 1 aromatic rings. The number of aliphatic carboxylic acids is 2. The molecule has 0 saturated carbocycles. The first kappa shape index (κ1) is 25.6. The maximum Gasteiger partial charge on any atom is 0.326 e. The van der Waals surface area contributed by atoms with Crippen LogP contribution >= 0.6 is 0 Å². The molecule has 3 unspecified atom stereocenters. The van der Waals surface area contributed by atoms with Crippen LogP contribution in [0.1, 0.15) is 32.4 Å². The van der Waals surface area contributed by atoms with Crippen molar-refractivity contribution in [3.05, 3.63) is 18.2 Å². The van der Waals surface area contributed by atoms with E-state index in [-0.39, 0.29) is 18.8 Å². The van der Waals surface area contributed by atoms with Crippen molar-refractivity contribution in [3.8, 4) is 0 Å². The van der Waals surface area contributed by atoms with Gasteiger partial charge in [0, 0.05) is 18.3 Å². The van der Waals surface area contributed by atoms with E-state index in [1.54, 1.807) is 13.8 Å². The summed E-state index contributed by atoms with van der Waals surface area (Å²) in [6.07, 6.45) is 2.42. The third kappa shape index (κ3) is 9.71. The third-order valence-corrected chi connectivity index (χ3v) is 4.11. The molecule has 0 fully saturated rings. The Labute approximate surface area is 178 Å². The van der Waals surface area contributed by atoms with Crippen LogP contribution in [0.5, 0.6) is 0 Å². The standard InChI is InChI=1S/C18H28N6O7/c1-9(2)3-13(18(30)31)23-14(25)7-21-17(29)12(5-15(26)27)24-16(28)11(19)4-10-6-20-8-22-10/h6,8-9,11-13H,3-5,7,19H2,1-2H3,(H,20,22)(H,21,29)(H,23,25)(H,24,28)(H,26,27)(H,30,31). The van der Waals surface area contributed by atoms with Crippen LogP contribution in [0.4, 0.5) is 0 Å². The zero-order valence-electron chi connectivity index (χ0n) is 17.3. The number of carboxylic acids is 2. The Morgan fingerprint density at radius 3 is 2.29 bits per heavy atom. The summed E-state index contributed by atoms with van der Waals surface area (Å²) in [5.41, 5.74) is 6.35. The maximum absolute atomic E-state index is 12.3. The molecule has 0 radical (unpaired) electrons. The minimum Gasteiger partial charge on any atom is -0.481 e. The quantitative estimate of drug-likeness (QED) is 0.180. The van der Waals surface area contributed by atoms with Crippen molar-refractivity contribution in [1.82, 2.24) is 25.9 Å². The highest BCUT2D eigenvalue weighted by molar-refractivity contribution is 5.94. The number of carboxylic acid groups (broad SMARTS) is 2. The number of amides is 3. The number of carbonyl (C=O) groups is 5. The second-order valence-corrected chi connectivity index (χ2v) is 7.35. The minimum atomic E-state index is -1.48. The van der Waals surface area contributed by atoms with Gasteiger partial charge in [0.05, 0.1) is 25.3 Å². The molecule has 0 aromatic carbocycles. The molecule has 31 heavy (non-hydrogen) atoms. The number of aromatic nitrogens is 2. The van der Waals surface area contributed by atoms with Crippen LogP contribution in [0.3, 0.4) is 0 Å². The molecule has 8 N–H and O–H groups in total. The highest BCUT2D eigenvalue weighted by atomic mass is 16.4. The average molecular weight is 440 g/mol. The maximum atomic E-state index is 12.3. The van der Waals surface area contributed by atoms with Crippen molar-refractivity contribution in [2.24, 2.45) is 11.7 Å². The first-order chi connectivity index (χ1) is 14.5. The number of aromatic amines is 1. The van der Waals surface area contributed by atoms with E-state index < -0.39 is 60.8 Å². The fourth-order valence-corrected chi connectivity index (χ4v) is 2.62. The molecular weight excluding hydrogens is 412 g/mol. The van der Waals surface area contributed by atoms with Gasteiger partial charge in [-0.25, -0.2) is 9.78 Å². The lowest BCUT2D eigenvalue weighted by Crippen LogP contribution is -2.54. The van der Waals surface area contributed by atoms with Gasteiger partial charge in [-0.15, -0.1) is 0 Å². The largest absolute Gasteiger partial charge is 0.481 e. The number of rotatable bonds is 13. The van der Waals surface area contributed by atoms with Crippen LogP contribution in [0.25, 0.3) is 0 Å². The Kier molecular flexibility index (Phi) is 10.1. The van der Waals surface area contributed by atoms with Crippen molar-refractivity contribution in [2.75, 3.05) is 6.54 Å². The van der Waals surface area contributed by atoms with Gasteiger partial charge in [0.15, 0.2) is 0 Å². The first-order valence-corrected chi connectivity index (χ1v) is 9.54. The van der Waals surface area contributed by atoms with E-state index in [0.29, 0.717) is 5.69 Å². The highest BCUT2D eigenvalue weighted by Crippen LogP contribution is 2.05. The Morgan fingerprint density at radius 2 is 1.77 bits per heavy atom. The Morgan fingerprint density at radius 1 is 1.10 bits per heavy atom. The summed E-state index contributed by atoms with van der Waals surface area (Å²) in [6.45, 7) is 2.99. The van der Waals surface area contributed by atoms with Crippen LogP contribution in [0, 0.1) is 5.92 Å². The van der Waals surface area contributed by atoms with Crippen molar-refractivity contribution < 1.29 is 34.2 Å². The Balaban J connectivity index is 2.64. The van der Waals surface area contributed by atoms with E-state index in [9.17, 15) is 24.0 Å². The first-order valence-electron chi connectivity index (χ1n) is 9.54. The van der Waals surface area contributed by atoms with Gasteiger partial charge in [0.1, 0.15) is 12.1 Å². The molecule has 13 heteroatoms. The molecule has 0 bridgehead atoms. The van der Waals surface area contributed by atoms with Crippen LogP contribution in [0.15, 0.2) is 12.5 Å². The summed E-state index contributed by atoms with van der Waals surface area (Å²) in [4.78, 5) is 65.4. The van der Waals surface area contributed by atoms with Crippen LogP contribution < -0.4 is 21.7 Å². The molecule has 0 saturated heterocycles. The second-order valence-electron chi connectivity index (χ2n) is 7.35. The predicted octanol–water partition coefficient (Wildman–Crippen LogP) is -2.03. The summed E-state index contributed by atoms with van der Waals surface area (Å²) >= 11 is 0. The molecule has 1 heterocycles. The van der Waals surface area contributed by atoms with Gasteiger partial charge in [0.25, 0.3) is 0 Å². The highest BCUT2D eigenvalue weighted by Gasteiger charge is 2.27. The normalized spacial score (nSPS) is 13.7. The summed E-state index contributed by atoms with van der Waals surface area (Å²) < 4.78 is 0. The van der Waals surface area contributed by atoms with Gasteiger partial charge in [-0.1, -0.05) is 13.8 Å². The second kappa shape index (κ2) is 12.3. The summed E-state index contributed by atoms with van der Waals surface area (Å²) in [7, 11) is 0. The number of nitrogens with one attached hydrogen (secondary N) is 4. The van der Waals surface area contributed by atoms with Gasteiger partial charge in [-0.05, 0) is 12.3 Å². The van der Waals surface area contributed by atoms with E-state index in [1.807, 2.05) is 0 Å². The molecule has 172 valence electrons. The zero-order valence-corrected chi connectivity index (χ0v) is 17.3. The molecule has 13 nitrogen and oxygen atoms in total. The Hall–Kier alpha value is -3.48. The molecular formula is C18H28N6O7. The van der Waals surface area contributed by atoms with Gasteiger partial charge in [0.2, 0.25) is 17.7 Å². The number of imidazole rings is 1. The summed E-state index contributed by atoms with van der Waals surface area (Å²) in [6, 6.07) is -3.67. The van der Waals surface area contributed by atoms with E-state index >= 15 is 0 Å². The lowest BCUT2D eigenvalue weighted by Gasteiger charge is -2.20. The summed E-state index contributed by atoms with van der Waals surface area (Å²) in [5, 5.41) is 24.9. The SMILES string of the molecule is CC(C)CC(NC(=O)CNC(=O)C(CC(=O)O)NC(=O)C(N)Cc1cnc[nH]1)C(=O)O. The third-order valence-electron chi connectivity index (χ3n) is 4.11. The minimum absolute atomic E-state index is 0.0112. The predicted molar refractivity (Wildman–Crippen MR) is 106 cm³/mol. The van der Waals surface area contributed by atoms with Gasteiger partial charge in [-0.3, -0.25) is 19.2 Å². The molecule has 0 aliphatic carbocycles. The lowest BCUT2D eigenvalue weighted by atomic mass is 10.0. The molecule has 1 aromatic heterocycles. The molecule has 0 aliphatic rings. The smallest absolute Gasteiger partial charge is 0.326 e. The van der Waals surface area contributed by atoms with Gasteiger partial charge >= 0.3 is 11.9 Å².